The molecular weight excluding hydrogens is 352 g/mol. The van der Waals surface area contributed by atoms with Crippen LogP contribution in [0.25, 0.3) is 11.3 Å². The third-order valence-corrected chi connectivity index (χ3v) is 6.06. The molecule has 0 saturated carbocycles. The second-order valence-electron chi connectivity index (χ2n) is 8.38. The molecule has 1 aromatic heterocycles. The number of carbonyl (C=O) groups is 1. The number of alkyl carbamates (subject to hydrolysis) is 1. The van der Waals surface area contributed by atoms with Crippen molar-refractivity contribution in [1.29, 1.82) is 0 Å². The average Bonchev–Trinajstić information content (AvgIpc) is 3.08. The van der Waals surface area contributed by atoms with Crippen LogP contribution in [-0.2, 0) is 11.8 Å². The quantitative estimate of drug-likeness (QED) is 0.861. The monoisotopic (exact) mass is 382 g/mol. The van der Waals surface area contributed by atoms with Crippen molar-refractivity contribution in [2.45, 2.75) is 44.7 Å². The molecule has 1 aromatic carbocycles. The van der Waals surface area contributed by atoms with Crippen molar-refractivity contribution in [3.8, 4) is 11.3 Å². The van der Waals surface area contributed by atoms with Crippen LogP contribution in [0.2, 0.25) is 0 Å². The van der Waals surface area contributed by atoms with Gasteiger partial charge in [0.05, 0.1) is 5.69 Å². The normalized spacial score (nSPS) is 26.4. The standard InChI is InChI=1S/C22H30N4O2/c1-15(2)23-22(27)28-14-18-11-17-9-10-26(18)13-19(17)21-12-20(24-25(21)3)16-7-5-4-6-8-16/h4-8,12,15,17-19H,9-11,13-14H2,1-3H3,(H,23,27). The Kier molecular flexibility index (Phi) is 5.40. The number of nitrogens with one attached hydrogen (secondary N) is 1. The molecule has 6 heteroatoms. The smallest absolute Gasteiger partial charge is 0.407 e. The Balaban J connectivity index is 1.42. The van der Waals surface area contributed by atoms with Crippen LogP contribution < -0.4 is 5.32 Å². The number of hydrogen-bond donors (Lipinski definition) is 1. The fourth-order valence-corrected chi connectivity index (χ4v) is 4.67. The molecule has 150 valence electrons. The Morgan fingerprint density at radius 3 is 2.79 bits per heavy atom. The van der Waals surface area contributed by atoms with Gasteiger partial charge in [-0.2, -0.15) is 5.10 Å². The van der Waals surface area contributed by atoms with Crippen molar-refractivity contribution in [3.05, 3.63) is 42.1 Å². The molecule has 28 heavy (non-hydrogen) atoms. The summed E-state index contributed by atoms with van der Waals surface area (Å²) >= 11 is 0. The number of rotatable bonds is 5. The number of ether oxygens (including phenoxy) is 1. The van der Waals surface area contributed by atoms with Crippen molar-refractivity contribution in [3.63, 3.8) is 0 Å². The minimum atomic E-state index is -0.312. The van der Waals surface area contributed by atoms with Gasteiger partial charge in [0.25, 0.3) is 0 Å². The molecule has 6 nitrogen and oxygen atoms in total. The number of benzene rings is 1. The van der Waals surface area contributed by atoms with Crippen molar-refractivity contribution >= 4 is 6.09 Å². The SMILES string of the molecule is CC(C)NC(=O)OCC1CC2CCN1CC2c1cc(-c2ccccc2)nn1C. The van der Waals surface area contributed by atoms with Gasteiger partial charge < -0.3 is 10.1 Å². The van der Waals surface area contributed by atoms with E-state index < -0.39 is 0 Å². The largest absolute Gasteiger partial charge is 0.448 e. The van der Waals surface area contributed by atoms with Gasteiger partial charge in [-0.25, -0.2) is 4.79 Å². The molecule has 4 atom stereocenters. The summed E-state index contributed by atoms with van der Waals surface area (Å²) in [5.74, 6) is 1.11. The molecular formula is C22H30N4O2. The Bertz CT molecular complexity index is 817. The maximum Gasteiger partial charge on any atom is 0.407 e. The van der Waals surface area contributed by atoms with Crippen LogP contribution in [0.3, 0.4) is 0 Å². The highest BCUT2D eigenvalue weighted by Crippen LogP contribution is 2.42. The minimum absolute atomic E-state index is 0.101. The summed E-state index contributed by atoms with van der Waals surface area (Å²) in [5, 5.41) is 7.56. The molecule has 2 bridgehead atoms. The number of nitrogens with zero attached hydrogens (tertiary/aromatic N) is 3. The molecule has 2 aromatic rings. The van der Waals surface area contributed by atoms with E-state index in [9.17, 15) is 4.79 Å². The van der Waals surface area contributed by atoms with Gasteiger partial charge in [-0.1, -0.05) is 30.3 Å². The van der Waals surface area contributed by atoms with Crippen LogP contribution in [0.4, 0.5) is 4.79 Å². The molecule has 1 N–H and O–H groups in total. The highest BCUT2D eigenvalue weighted by Gasteiger charge is 2.42. The Labute approximate surface area is 166 Å². The number of fused-ring (bicyclic) bond motifs is 3. The lowest BCUT2D eigenvalue weighted by molar-refractivity contribution is -0.00441. The van der Waals surface area contributed by atoms with Gasteiger partial charge in [0.2, 0.25) is 0 Å². The van der Waals surface area contributed by atoms with E-state index >= 15 is 0 Å². The first-order chi connectivity index (χ1) is 13.5. The molecule has 0 spiro atoms. The van der Waals surface area contributed by atoms with Crippen LogP contribution >= 0.6 is 0 Å². The van der Waals surface area contributed by atoms with E-state index in [4.69, 9.17) is 9.84 Å². The van der Waals surface area contributed by atoms with Gasteiger partial charge in [-0.15, -0.1) is 0 Å². The van der Waals surface area contributed by atoms with Crippen LogP contribution in [0.15, 0.2) is 36.4 Å². The maximum atomic E-state index is 11.8. The summed E-state index contributed by atoms with van der Waals surface area (Å²) in [6, 6.07) is 13.0. The van der Waals surface area contributed by atoms with E-state index in [0.29, 0.717) is 24.5 Å². The van der Waals surface area contributed by atoms with E-state index in [1.54, 1.807) is 0 Å². The molecule has 3 aliphatic heterocycles. The molecule has 4 heterocycles. The van der Waals surface area contributed by atoms with E-state index in [-0.39, 0.29) is 12.1 Å². The lowest BCUT2D eigenvalue weighted by Gasteiger charge is -2.49. The van der Waals surface area contributed by atoms with Gasteiger partial charge in [-0.05, 0) is 45.2 Å². The third kappa shape index (κ3) is 3.92. The topological polar surface area (TPSA) is 59.4 Å². The van der Waals surface area contributed by atoms with E-state index in [0.717, 1.165) is 30.8 Å². The lowest BCUT2D eigenvalue weighted by atomic mass is 9.74. The summed E-state index contributed by atoms with van der Waals surface area (Å²) in [5.41, 5.74) is 3.51. The summed E-state index contributed by atoms with van der Waals surface area (Å²) in [7, 11) is 2.05. The number of amides is 1. The van der Waals surface area contributed by atoms with Gasteiger partial charge in [0.1, 0.15) is 6.61 Å². The van der Waals surface area contributed by atoms with Gasteiger partial charge in [0, 0.05) is 42.9 Å². The van der Waals surface area contributed by atoms with Crippen LogP contribution in [0, 0.1) is 5.92 Å². The van der Waals surface area contributed by atoms with Crippen molar-refractivity contribution in [2.75, 3.05) is 19.7 Å². The molecule has 5 rings (SSSR count). The van der Waals surface area contributed by atoms with Gasteiger partial charge in [-0.3, -0.25) is 9.58 Å². The molecule has 3 fully saturated rings. The Morgan fingerprint density at radius 2 is 2.11 bits per heavy atom. The molecule has 0 aliphatic carbocycles. The zero-order valence-corrected chi connectivity index (χ0v) is 17.0. The van der Waals surface area contributed by atoms with Crippen LogP contribution in [0.5, 0.6) is 0 Å². The molecule has 3 saturated heterocycles. The van der Waals surface area contributed by atoms with Crippen LogP contribution in [-0.4, -0.2) is 52.6 Å². The van der Waals surface area contributed by atoms with E-state index in [1.165, 1.54) is 12.1 Å². The average molecular weight is 383 g/mol. The summed E-state index contributed by atoms with van der Waals surface area (Å²) in [4.78, 5) is 14.3. The van der Waals surface area contributed by atoms with Crippen LogP contribution in [0.1, 0.15) is 38.3 Å². The predicted octanol–water partition coefficient (Wildman–Crippen LogP) is 3.40. The summed E-state index contributed by atoms with van der Waals surface area (Å²) in [6.07, 6.45) is 1.96. The first kappa shape index (κ1) is 19.0. The van der Waals surface area contributed by atoms with E-state index in [1.807, 2.05) is 19.9 Å². The van der Waals surface area contributed by atoms with Gasteiger partial charge in [0.15, 0.2) is 0 Å². The molecule has 3 aliphatic rings. The Morgan fingerprint density at radius 1 is 1.32 bits per heavy atom. The fourth-order valence-electron chi connectivity index (χ4n) is 4.67. The zero-order chi connectivity index (χ0) is 19.7. The third-order valence-electron chi connectivity index (χ3n) is 6.06. The van der Waals surface area contributed by atoms with Gasteiger partial charge >= 0.3 is 6.09 Å². The van der Waals surface area contributed by atoms with Crippen molar-refractivity contribution in [1.82, 2.24) is 20.0 Å². The summed E-state index contributed by atoms with van der Waals surface area (Å²) in [6.45, 7) is 6.45. The first-order valence-electron chi connectivity index (χ1n) is 10.3. The molecule has 1 amide bonds. The Hall–Kier alpha value is -2.34. The summed E-state index contributed by atoms with van der Waals surface area (Å²) < 4.78 is 7.51. The number of hydrogen-bond acceptors (Lipinski definition) is 4. The lowest BCUT2D eigenvalue weighted by Crippen LogP contribution is -2.54. The van der Waals surface area contributed by atoms with Crippen molar-refractivity contribution in [2.24, 2.45) is 13.0 Å². The number of piperidine rings is 3. The molecule has 0 radical (unpaired) electrons. The zero-order valence-electron chi connectivity index (χ0n) is 17.0. The maximum absolute atomic E-state index is 11.8. The molecule has 4 unspecified atom stereocenters. The highest BCUT2D eigenvalue weighted by molar-refractivity contribution is 5.67. The second-order valence-corrected chi connectivity index (χ2v) is 8.38. The number of aryl methyl sites for hydroxylation is 1. The second kappa shape index (κ2) is 7.95. The number of carbonyl (C=O) groups excluding carboxylic acids is 1. The first-order valence-corrected chi connectivity index (χ1v) is 10.3. The highest BCUT2D eigenvalue weighted by atomic mass is 16.5. The number of aromatic nitrogens is 2. The predicted molar refractivity (Wildman–Crippen MR) is 109 cm³/mol. The fraction of sp³-hybridized carbons (Fsp3) is 0.545. The van der Waals surface area contributed by atoms with E-state index in [2.05, 4.69) is 52.3 Å². The minimum Gasteiger partial charge on any atom is -0.448 e. The van der Waals surface area contributed by atoms with Crippen molar-refractivity contribution < 1.29 is 9.53 Å².